The molecular formula is C25H32ClN3O6. The molecule has 2 heterocycles. The Morgan fingerprint density at radius 2 is 1.94 bits per heavy atom. The molecular weight excluding hydrogens is 474 g/mol. The van der Waals surface area contributed by atoms with Gasteiger partial charge in [0.15, 0.2) is 11.7 Å². The molecule has 2 atom stereocenters. The number of halogens is 1. The second-order valence-electron chi connectivity index (χ2n) is 9.17. The molecule has 2 aliphatic rings. The molecule has 4 rings (SSSR count). The fraction of sp³-hybridized carbons (Fsp3) is 0.600. The summed E-state index contributed by atoms with van der Waals surface area (Å²) in [7, 11) is 0. The van der Waals surface area contributed by atoms with Crippen LogP contribution in [0.3, 0.4) is 0 Å². The van der Waals surface area contributed by atoms with Crippen molar-refractivity contribution in [1.82, 2.24) is 15.2 Å². The number of ether oxygens (including phenoxy) is 2. The van der Waals surface area contributed by atoms with Crippen molar-refractivity contribution in [2.45, 2.75) is 64.0 Å². The Morgan fingerprint density at radius 3 is 2.66 bits per heavy atom. The minimum absolute atomic E-state index is 0.113. The first-order valence-corrected chi connectivity index (χ1v) is 12.8. The summed E-state index contributed by atoms with van der Waals surface area (Å²) in [5, 5.41) is 3.09. The quantitative estimate of drug-likeness (QED) is 0.530. The van der Waals surface area contributed by atoms with Gasteiger partial charge in [-0.2, -0.15) is 0 Å². The molecule has 1 aromatic carbocycles. The van der Waals surface area contributed by atoms with Gasteiger partial charge in [0.25, 0.3) is 11.8 Å². The number of alkyl carbamates (subject to hydrolysis) is 1. The number of amides is 2. The Kier molecular flexibility index (Phi) is 8.62. The first kappa shape index (κ1) is 25.4. The molecule has 0 bridgehead atoms. The number of benzene rings is 1. The third-order valence-corrected chi connectivity index (χ3v) is 6.93. The number of morpholine rings is 1. The lowest BCUT2D eigenvalue weighted by Gasteiger charge is -2.32. The number of Topliss-reactive ketones (excluding diaryl/α,β-unsaturated/α-hetero) is 1. The Hall–Kier alpha value is -2.65. The van der Waals surface area contributed by atoms with E-state index in [0.29, 0.717) is 61.2 Å². The lowest BCUT2D eigenvalue weighted by Crippen LogP contribution is -2.49. The number of carbonyl (C=O) groups excluding carboxylic acids is 3. The lowest BCUT2D eigenvalue weighted by molar-refractivity contribution is -0.145. The monoisotopic (exact) mass is 505 g/mol. The van der Waals surface area contributed by atoms with Crippen LogP contribution in [0.1, 0.15) is 62.6 Å². The molecule has 1 saturated heterocycles. The summed E-state index contributed by atoms with van der Waals surface area (Å²) in [4.78, 5) is 45.0. The Balaban J connectivity index is 1.42. The summed E-state index contributed by atoms with van der Waals surface area (Å²) >= 11 is 5.99. The van der Waals surface area contributed by atoms with Gasteiger partial charge in [-0.05, 0) is 37.0 Å². The van der Waals surface area contributed by atoms with Gasteiger partial charge in [0.2, 0.25) is 5.78 Å². The fourth-order valence-corrected chi connectivity index (χ4v) is 4.89. The van der Waals surface area contributed by atoms with Crippen LogP contribution in [-0.4, -0.2) is 66.1 Å². The standard InChI is InChI=1S/C25H32ClN3O6/c1-2-18(22(30)23-27-19-15-17(26)8-9-20(19)34-23)28-25(32)35-21(14-16-6-4-3-5-7-16)24(31)29-10-12-33-13-11-29/h8-9,15-16,18,21H,2-7,10-14H2,1H3,(H,28,32)/t18-,21-/m0/s1. The SMILES string of the molecule is CC[C@H](NC(=O)O[C@@H](CC1CCCCC1)C(=O)N1CCOCC1)C(=O)c1nc2cc(Cl)ccc2o1. The third-order valence-electron chi connectivity index (χ3n) is 6.70. The second-order valence-corrected chi connectivity index (χ2v) is 9.61. The van der Waals surface area contributed by atoms with Gasteiger partial charge >= 0.3 is 6.09 Å². The number of hydrogen-bond acceptors (Lipinski definition) is 7. The second kappa shape index (κ2) is 11.9. The predicted molar refractivity (Wildman–Crippen MR) is 129 cm³/mol. The maximum Gasteiger partial charge on any atom is 0.408 e. The zero-order valence-electron chi connectivity index (χ0n) is 20.0. The summed E-state index contributed by atoms with van der Waals surface area (Å²) in [6, 6.07) is 3.98. The van der Waals surface area contributed by atoms with Gasteiger partial charge in [0.05, 0.1) is 13.2 Å². The molecule has 9 nitrogen and oxygen atoms in total. The van der Waals surface area contributed by atoms with Crippen LogP contribution in [0.4, 0.5) is 4.79 Å². The van der Waals surface area contributed by atoms with Crippen molar-refractivity contribution in [2.75, 3.05) is 26.3 Å². The van der Waals surface area contributed by atoms with E-state index in [1.54, 1.807) is 30.0 Å². The Morgan fingerprint density at radius 1 is 1.20 bits per heavy atom. The lowest BCUT2D eigenvalue weighted by atomic mass is 9.85. The molecule has 10 heteroatoms. The van der Waals surface area contributed by atoms with Gasteiger partial charge in [-0.25, -0.2) is 9.78 Å². The normalized spacial score (nSPS) is 18.7. The van der Waals surface area contributed by atoms with E-state index in [9.17, 15) is 14.4 Å². The number of fused-ring (bicyclic) bond motifs is 1. The third kappa shape index (κ3) is 6.52. The first-order valence-electron chi connectivity index (χ1n) is 12.4. The summed E-state index contributed by atoms with van der Waals surface area (Å²) in [5.74, 6) is -0.455. The molecule has 35 heavy (non-hydrogen) atoms. The van der Waals surface area contributed by atoms with Gasteiger partial charge in [-0.1, -0.05) is 50.6 Å². The number of nitrogens with one attached hydrogen (secondary N) is 1. The largest absolute Gasteiger partial charge is 0.436 e. The van der Waals surface area contributed by atoms with E-state index in [4.69, 9.17) is 25.5 Å². The van der Waals surface area contributed by atoms with Crippen molar-refractivity contribution in [1.29, 1.82) is 0 Å². The zero-order valence-corrected chi connectivity index (χ0v) is 20.7. The first-order chi connectivity index (χ1) is 16.9. The van der Waals surface area contributed by atoms with E-state index in [2.05, 4.69) is 10.3 Å². The number of ketones is 1. The van der Waals surface area contributed by atoms with Crippen molar-refractivity contribution in [2.24, 2.45) is 5.92 Å². The average Bonchev–Trinajstić information content (AvgIpc) is 3.30. The van der Waals surface area contributed by atoms with Crippen molar-refractivity contribution in [3.63, 3.8) is 0 Å². The van der Waals surface area contributed by atoms with Crippen molar-refractivity contribution >= 4 is 40.5 Å². The summed E-state index contributed by atoms with van der Waals surface area (Å²) in [6.07, 6.45) is 4.59. The number of hydrogen-bond donors (Lipinski definition) is 1. The van der Waals surface area contributed by atoms with Crippen LogP contribution in [0, 0.1) is 5.92 Å². The highest BCUT2D eigenvalue weighted by Gasteiger charge is 2.33. The molecule has 0 spiro atoms. The number of oxazole rings is 1. The van der Waals surface area contributed by atoms with Crippen LogP contribution < -0.4 is 5.32 Å². The van der Waals surface area contributed by atoms with Crippen molar-refractivity contribution < 1.29 is 28.3 Å². The summed E-state index contributed by atoms with van der Waals surface area (Å²) in [6.45, 7) is 3.65. The zero-order chi connectivity index (χ0) is 24.8. The molecule has 1 N–H and O–H groups in total. The smallest absolute Gasteiger partial charge is 0.408 e. The topological polar surface area (TPSA) is 111 Å². The molecule has 2 aromatic rings. The molecule has 190 valence electrons. The molecule has 1 aliphatic heterocycles. The minimum atomic E-state index is -0.903. The van der Waals surface area contributed by atoms with Gasteiger partial charge in [0, 0.05) is 18.1 Å². The molecule has 1 aromatic heterocycles. The van der Waals surface area contributed by atoms with Crippen LogP contribution in [0.15, 0.2) is 22.6 Å². The molecule has 2 fully saturated rings. The van der Waals surface area contributed by atoms with Crippen LogP contribution in [-0.2, 0) is 14.3 Å². The molecule has 1 aliphatic carbocycles. The molecule has 0 radical (unpaired) electrons. The maximum atomic E-state index is 13.2. The highest BCUT2D eigenvalue weighted by molar-refractivity contribution is 6.31. The molecule has 2 amide bonds. The van der Waals surface area contributed by atoms with Crippen LogP contribution in [0.5, 0.6) is 0 Å². The van der Waals surface area contributed by atoms with E-state index in [1.165, 1.54) is 6.42 Å². The van der Waals surface area contributed by atoms with E-state index in [1.807, 2.05) is 0 Å². The summed E-state index contributed by atoms with van der Waals surface area (Å²) in [5.41, 5.74) is 0.890. The van der Waals surface area contributed by atoms with Gasteiger partial charge < -0.3 is 24.1 Å². The van der Waals surface area contributed by atoms with E-state index < -0.39 is 24.0 Å². The predicted octanol–water partition coefficient (Wildman–Crippen LogP) is 4.37. The average molecular weight is 506 g/mol. The van der Waals surface area contributed by atoms with Crippen molar-refractivity contribution in [3.8, 4) is 0 Å². The van der Waals surface area contributed by atoms with Gasteiger partial charge in [-0.15, -0.1) is 0 Å². The summed E-state index contributed by atoms with van der Waals surface area (Å²) < 4.78 is 16.6. The molecule has 1 saturated carbocycles. The Labute approximate surface area is 209 Å². The fourth-order valence-electron chi connectivity index (χ4n) is 4.73. The maximum absolute atomic E-state index is 13.2. The number of nitrogens with zero attached hydrogens (tertiary/aromatic N) is 2. The van der Waals surface area contributed by atoms with E-state index >= 15 is 0 Å². The highest BCUT2D eigenvalue weighted by atomic mass is 35.5. The number of carbonyl (C=O) groups is 3. The van der Waals surface area contributed by atoms with E-state index in [-0.39, 0.29) is 11.8 Å². The Bertz CT molecular complexity index is 1040. The minimum Gasteiger partial charge on any atom is -0.436 e. The molecule has 0 unspecified atom stereocenters. The van der Waals surface area contributed by atoms with Crippen LogP contribution in [0.2, 0.25) is 5.02 Å². The van der Waals surface area contributed by atoms with Crippen molar-refractivity contribution in [3.05, 3.63) is 29.1 Å². The van der Waals surface area contributed by atoms with Crippen LogP contribution >= 0.6 is 11.6 Å². The van der Waals surface area contributed by atoms with Gasteiger partial charge in [-0.3, -0.25) is 9.59 Å². The number of rotatable bonds is 8. The van der Waals surface area contributed by atoms with Gasteiger partial charge in [0.1, 0.15) is 11.6 Å². The highest BCUT2D eigenvalue weighted by Crippen LogP contribution is 2.29. The van der Waals surface area contributed by atoms with Crippen LogP contribution in [0.25, 0.3) is 11.1 Å². The van der Waals surface area contributed by atoms with E-state index in [0.717, 1.165) is 25.7 Å². The number of aromatic nitrogens is 1.